The van der Waals surface area contributed by atoms with Crippen LogP contribution in [-0.4, -0.2) is 73.4 Å². The van der Waals surface area contributed by atoms with Gasteiger partial charge in [-0.15, -0.1) is 0 Å². The predicted octanol–water partition coefficient (Wildman–Crippen LogP) is 20.1. The number of allylic oxidation sites excluding steroid dienone is 19. The molecule has 0 radical (unpaired) electrons. The van der Waals surface area contributed by atoms with Crippen LogP contribution in [-0.2, 0) is 18.4 Å². The summed E-state index contributed by atoms with van der Waals surface area (Å²) in [6.45, 7) is 4.68. The van der Waals surface area contributed by atoms with E-state index in [-0.39, 0.29) is 19.1 Å². The molecular formula is C69H122N2O6P+. The number of carbonyl (C=O) groups is 1. The van der Waals surface area contributed by atoms with Gasteiger partial charge >= 0.3 is 7.82 Å². The second-order valence-electron chi connectivity index (χ2n) is 22.4. The van der Waals surface area contributed by atoms with Gasteiger partial charge in [0.1, 0.15) is 13.2 Å². The summed E-state index contributed by atoms with van der Waals surface area (Å²) < 4.78 is 23.7. The van der Waals surface area contributed by atoms with E-state index < -0.39 is 20.0 Å². The summed E-state index contributed by atoms with van der Waals surface area (Å²) >= 11 is 0. The lowest BCUT2D eigenvalue weighted by Gasteiger charge is -2.25. The van der Waals surface area contributed by atoms with Gasteiger partial charge in [0.15, 0.2) is 0 Å². The first-order valence-electron chi connectivity index (χ1n) is 31.9. The first-order valence-corrected chi connectivity index (χ1v) is 33.4. The van der Waals surface area contributed by atoms with Gasteiger partial charge in [-0.05, 0) is 103 Å². The molecule has 0 aliphatic heterocycles. The molecule has 8 nitrogen and oxygen atoms in total. The standard InChI is InChI=1S/C69H121N2O6P/c1-6-8-10-12-14-16-18-20-22-24-26-28-29-30-31-32-33-34-35-36-37-38-39-40-41-43-45-47-49-51-53-55-57-59-61-63-69(73)70-67(66-77-78(74,75)76-65-64-71(3,4)5)68(72)62-60-58-56-54-52-50-48-46-44-42-27-25-23-21-19-17-15-13-11-9-7-2/h8,10,14,16,20,22,26,28,30-31,33-34,36-37,44,46,52,54,60,62,67-68,72H,6-7,9,11-13,15,17-19,21,23-25,27,29,32,35,38-43,45,47-51,53,55-59,61,63-66H2,1-5H3,(H-,70,73,74,75)/p+1/b10-8-,16-14-,22-20-,28-26-,31-30-,34-33-,37-36-,46-44+,54-52+,62-60+. The molecule has 78 heavy (non-hydrogen) atoms. The number of likely N-dealkylation sites (N-methyl/N-ethyl adjacent to an activating group) is 1. The molecule has 0 bridgehead atoms. The highest BCUT2D eigenvalue weighted by molar-refractivity contribution is 7.47. The molecule has 0 heterocycles. The van der Waals surface area contributed by atoms with Crippen LogP contribution in [0.3, 0.4) is 0 Å². The molecular weight excluding hydrogens is 984 g/mol. The van der Waals surface area contributed by atoms with Crippen molar-refractivity contribution in [2.24, 2.45) is 0 Å². The SMILES string of the molecule is CC/C=C\C/C=C\C/C=C\C/C=C\C/C=C\C/C=C\C/C=C\CCCCCCCCCCCCCCCC(=O)NC(COP(=O)(O)OCC[N+](C)(C)C)C(O)/C=C/CC/C=C/CC/C=C/CCCCCCCCCCCCC. The number of hydrogen-bond donors (Lipinski definition) is 3. The molecule has 1 amide bonds. The first-order chi connectivity index (χ1) is 38.0. The van der Waals surface area contributed by atoms with Crippen molar-refractivity contribution < 1.29 is 32.9 Å². The summed E-state index contributed by atoms with van der Waals surface area (Å²) in [6, 6.07) is -0.879. The maximum absolute atomic E-state index is 13.0. The Balaban J connectivity index is 4.18. The monoisotopic (exact) mass is 1110 g/mol. The second-order valence-corrected chi connectivity index (χ2v) is 23.8. The van der Waals surface area contributed by atoms with Crippen molar-refractivity contribution in [1.82, 2.24) is 5.32 Å². The number of nitrogens with zero attached hydrogens (tertiary/aromatic N) is 1. The fourth-order valence-corrected chi connectivity index (χ4v) is 9.44. The van der Waals surface area contributed by atoms with Gasteiger partial charge < -0.3 is 19.8 Å². The third-order valence-electron chi connectivity index (χ3n) is 13.6. The van der Waals surface area contributed by atoms with E-state index in [1.807, 2.05) is 27.2 Å². The molecule has 0 aromatic heterocycles. The highest BCUT2D eigenvalue weighted by Crippen LogP contribution is 2.43. The molecule has 3 unspecified atom stereocenters. The van der Waals surface area contributed by atoms with Crippen LogP contribution in [0.1, 0.15) is 258 Å². The summed E-state index contributed by atoms with van der Waals surface area (Å²) in [4.78, 5) is 23.4. The number of aliphatic hydroxyl groups excluding tert-OH is 1. The lowest BCUT2D eigenvalue weighted by atomic mass is 10.0. The van der Waals surface area contributed by atoms with Crippen LogP contribution in [0, 0.1) is 0 Å². The molecule has 0 fully saturated rings. The molecule has 0 spiro atoms. The van der Waals surface area contributed by atoms with Crippen molar-refractivity contribution in [3.8, 4) is 0 Å². The topological polar surface area (TPSA) is 105 Å². The minimum Gasteiger partial charge on any atom is -0.387 e. The Bertz CT molecular complexity index is 1680. The smallest absolute Gasteiger partial charge is 0.387 e. The van der Waals surface area contributed by atoms with Crippen molar-refractivity contribution in [2.45, 2.75) is 270 Å². The van der Waals surface area contributed by atoms with Crippen LogP contribution < -0.4 is 5.32 Å². The number of hydrogen-bond acceptors (Lipinski definition) is 5. The molecule has 3 atom stereocenters. The largest absolute Gasteiger partial charge is 0.472 e. The van der Waals surface area contributed by atoms with Crippen molar-refractivity contribution in [3.63, 3.8) is 0 Å². The average Bonchev–Trinajstić information content (AvgIpc) is 3.41. The van der Waals surface area contributed by atoms with Crippen LogP contribution in [0.25, 0.3) is 0 Å². The van der Waals surface area contributed by atoms with E-state index in [0.29, 0.717) is 17.4 Å². The molecule has 0 aromatic carbocycles. The summed E-state index contributed by atoms with van der Waals surface area (Å²) in [5, 5.41) is 13.9. The number of phosphoric acid groups is 1. The number of unbranched alkanes of at least 4 members (excludes halogenated alkanes) is 26. The van der Waals surface area contributed by atoms with E-state index in [9.17, 15) is 19.4 Å². The van der Waals surface area contributed by atoms with E-state index in [1.54, 1.807) is 6.08 Å². The van der Waals surface area contributed by atoms with Gasteiger partial charge in [0.25, 0.3) is 0 Å². The maximum atomic E-state index is 13.0. The van der Waals surface area contributed by atoms with E-state index >= 15 is 0 Å². The first kappa shape index (κ1) is 74.9. The summed E-state index contributed by atoms with van der Waals surface area (Å²) in [5.41, 5.74) is 0. The van der Waals surface area contributed by atoms with E-state index in [4.69, 9.17) is 9.05 Å². The minimum atomic E-state index is -4.37. The maximum Gasteiger partial charge on any atom is 0.472 e. The third kappa shape index (κ3) is 60.5. The Morgan fingerprint density at radius 3 is 1.18 bits per heavy atom. The fourth-order valence-electron chi connectivity index (χ4n) is 8.70. The Kier molecular flexibility index (Phi) is 56.2. The number of aliphatic hydroxyl groups is 1. The molecule has 0 rings (SSSR count). The van der Waals surface area contributed by atoms with Crippen molar-refractivity contribution in [1.29, 1.82) is 0 Å². The van der Waals surface area contributed by atoms with Gasteiger partial charge in [0, 0.05) is 6.42 Å². The number of phosphoric ester groups is 1. The van der Waals surface area contributed by atoms with Crippen LogP contribution in [0.5, 0.6) is 0 Å². The second kappa shape index (κ2) is 58.6. The molecule has 9 heteroatoms. The lowest BCUT2D eigenvalue weighted by molar-refractivity contribution is -0.870. The van der Waals surface area contributed by atoms with Gasteiger partial charge in [0.2, 0.25) is 5.91 Å². The summed E-state index contributed by atoms with van der Waals surface area (Å²) in [6.07, 6.45) is 87.5. The van der Waals surface area contributed by atoms with Gasteiger partial charge in [-0.1, -0.05) is 270 Å². The Hall–Kier alpha value is -3.10. The normalized spacial score (nSPS) is 14.6. The quantitative estimate of drug-likeness (QED) is 0.0243. The zero-order chi connectivity index (χ0) is 57.0. The van der Waals surface area contributed by atoms with Crippen LogP contribution in [0.15, 0.2) is 122 Å². The fraction of sp³-hybridized carbons (Fsp3) is 0.696. The third-order valence-corrected chi connectivity index (χ3v) is 14.6. The molecule has 0 aliphatic rings. The Morgan fingerprint density at radius 2 is 0.782 bits per heavy atom. The minimum absolute atomic E-state index is 0.0484. The lowest BCUT2D eigenvalue weighted by Crippen LogP contribution is -2.45. The van der Waals surface area contributed by atoms with Gasteiger partial charge in [0.05, 0.1) is 39.9 Å². The number of quaternary nitrogens is 1. The zero-order valence-corrected chi connectivity index (χ0v) is 52.0. The summed E-state index contributed by atoms with van der Waals surface area (Å²) in [5.74, 6) is -0.195. The van der Waals surface area contributed by atoms with E-state index in [1.165, 1.54) is 148 Å². The van der Waals surface area contributed by atoms with Crippen molar-refractivity contribution in [3.05, 3.63) is 122 Å². The van der Waals surface area contributed by atoms with Gasteiger partial charge in [-0.25, -0.2) is 4.57 Å². The number of rotatable bonds is 57. The zero-order valence-electron chi connectivity index (χ0n) is 51.1. The molecule has 0 aromatic rings. The Labute approximate surface area is 482 Å². The van der Waals surface area contributed by atoms with E-state index in [0.717, 1.165) is 89.9 Å². The number of carbonyl (C=O) groups excluding carboxylic acids is 1. The molecule has 0 aliphatic carbocycles. The molecule has 0 saturated carbocycles. The van der Waals surface area contributed by atoms with Crippen LogP contribution >= 0.6 is 7.82 Å². The summed E-state index contributed by atoms with van der Waals surface area (Å²) in [7, 11) is 1.54. The molecule has 3 N–H and O–H groups in total. The average molecular weight is 1110 g/mol. The molecule has 0 saturated heterocycles. The van der Waals surface area contributed by atoms with Crippen LogP contribution in [0.4, 0.5) is 0 Å². The van der Waals surface area contributed by atoms with E-state index in [2.05, 4.69) is 129 Å². The van der Waals surface area contributed by atoms with Gasteiger partial charge in [-0.2, -0.15) is 0 Å². The number of amides is 1. The van der Waals surface area contributed by atoms with Gasteiger partial charge in [-0.3, -0.25) is 13.8 Å². The molecule has 448 valence electrons. The highest BCUT2D eigenvalue weighted by atomic mass is 31.2. The van der Waals surface area contributed by atoms with Crippen LogP contribution in [0.2, 0.25) is 0 Å². The number of nitrogens with one attached hydrogen (secondary N) is 1. The highest BCUT2D eigenvalue weighted by Gasteiger charge is 2.27. The van der Waals surface area contributed by atoms with Crippen molar-refractivity contribution in [2.75, 3.05) is 40.9 Å². The predicted molar refractivity (Wildman–Crippen MR) is 341 cm³/mol. The Morgan fingerprint density at radius 1 is 0.449 bits per heavy atom. The van der Waals surface area contributed by atoms with Crippen molar-refractivity contribution >= 4 is 13.7 Å².